The van der Waals surface area contributed by atoms with Gasteiger partial charge < -0.3 is 9.88 Å². The van der Waals surface area contributed by atoms with Crippen molar-refractivity contribution in [1.29, 1.82) is 0 Å². The molecule has 0 aliphatic heterocycles. The minimum absolute atomic E-state index is 0.0935. The number of benzene rings is 1. The zero-order valence-corrected chi connectivity index (χ0v) is 14.6. The number of hydrogen-bond donors (Lipinski definition) is 1. The summed E-state index contributed by atoms with van der Waals surface area (Å²) in [6.45, 7) is 0.278. The van der Waals surface area contributed by atoms with E-state index in [-0.39, 0.29) is 23.4 Å². The molecule has 8 heteroatoms. The minimum atomic E-state index is -0.483. The summed E-state index contributed by atoms with van der Waals surface area (Å²) >= 11 is 6.14. The SMILES string of the molecule is Cn1nc(C(=O)Nc2ccc(=O)n(Cc3ccccc3Cl)c2)ccc1=O. The van der Waals surface area contributed by atoms with Crippen molar-refractivity contribution >= 4 is 23.2 Å². The van der Waals surface area contributed by atoms with Crippen LogP contribution in [0.1, 0.15) is 16.1 Å². The van der Waals surface area contributed by atoms with Crippen molar-refractivity contribution in [3.05, 3.63) is 91.7 Å². The maximum absolute atomic E-state index is 12.3. The highest BCUT2D eigenvalue weighted by atomic mass is 35.5. The van der Waals surface area contributed by atoms with E-state index in [0.29, 0.717) is 10.7 Å². The van der Waals surface area contributed by atoms with E-state index in [1.807, 2.05) is 18.2 Å². The summed E-state index contributed by atoms with van der Waals surface area (Å²) in [7, 11) is 1.46. The van der Waals surface area contributed by atoms with Crippen LogP contribution in [0.5, 0.6) is 0 Å². The highest BCUT2D eigenvalue weighted by Gasteiger charge is 2.10. The Hall–Kier alpha value is -3.19. The first-order valence-corrected chi connectivity index (χ1v) is 8.11. The quantitative estimate of drug-likeness (QED) is 0.760. The lowest BCUT2D eigenvalue weighted by Gasteiger charge is -2.10. The molecular weight excluding hydrogens is 356 g/mol. The van der Waals surface area contributed by atoms with Gasteiger partial charge >= 0.3 is 0 Å². The molecule has 0 unspecified atom stereocenters. The molecule has 0 aliphatic carbocycles. The van der Waals surface area contributed by atoms with E-state index in [1.54, 1.807) is 6.07 Å². The third kappa shape index (κ3) is 3.89. The summed E-state index contributed by atoms with van der Waals surface area (Å²) in [5.74, 6) is -0.483. The second-order valence-electron chi connectivity index (χ2n) is 5.61. The second-order valence-corrected chi connectivity index (χ2v) is 6.02. The molecule has 2 aromatic heterocycles. The minimum Gasteiger partial charge on any atom is -0.319 e. The Morgan fingerprint density at radius 2 is 1.81 bits per heavy atom. The number of anilines is 1. The fourth-order valence-electron chi connectivity index (χ4n) is 2.36. The second kappa shape index (κ2) is 7.37. The Bertz CT molecular complexity index is 1090. The average Bonchev–Trinajstić information content (AvgIpc) is 2.62. The van der Waals surface area contributed by atoms with Gasteiger partial charge in [-0.25, -0.2) is 4.68 Å². The maximum atomic E-state index is 12.3. The third-order valence-electron chi connectivity index (χ3n) is 3.73. The Kier molecular flexibility index (Phi) is 4.99. The predicted octanol–water partition coefficient (Wildman–Crippen LogP) is 1.90. The molecule has 0 saturated carbocycles. The van der Waals surface area contributed by atoms with Crippen molar-refractivity contribution < 1.29 is 4.79 Å². The molecule has 0 saturated heterocycles. The molecular formula is C18H15ClN4O3. The zero-order valence-electron chi connectivity index (χ0n) is 13.8. The summed E-state index contributed by atoms with van der Waals surface area (Å²) in [5.41, 5.74) is 0.783. The molecule has 1 amide bonds. The molecule has 0 bridgehead atoms. The fourth-order valence-corrected chi connectivity index (χ4v) is 2.55. The molecule has 1 aromatic carbocycles. The van der Waals surface area contributed by atoms with Crippen molar-refractivity contribution in [2.75, 3.05) is 5.32 Å². The summed E-state index contributed by atoms with van der Waals surface area (Å²) in [6.07, 6.45) is 1.53. The van der Waals surface area contributed by atoms with Crippen LogP contribution in [-0.2, 0) is 13.6 Å². The van der Waals surface area contributed by atoms with Gasteiger partial charge in [0.1, 0.15) is 5.69 Å². The fraction of sp³-hybridized carbons (Fsp3) is 0.111. The summed E-state index contributed by atoms with van der Waals surface area (Å²) in [4.78, 5) is 35.7. The number of carbonyl (C=O) groups is 1. The van der Waals surface area contributed by atoms with E-state index in [4.69, 9.17) is 11.6 Å². The topological polar surface area (TPSA) is 86.0 Å². The molecule has 7 nitrogen and oxygen atoms in total. The van der Waals surface area contributed by atoms with Gasteiger partial charge in [-0.05, 0) is 23.8 Å². The number of nitrogens with zero attached hydrogens (tertiary/aromatic N) is 3. The smallest absolute Gasteiger partial charge is 0.276 e. The molecule has 0 spiro atoms. The molecule has 3 rings (SSSR count). The highest BCUT2D eigenvalue weighted by molar-refractivity contribution is 6.31. The van der Waals surface area contributed by atoms with Crippen LogP contribution >= 0.6 is 11.6 Å². The largest absolute Gasteiger partial charge is 0.319 e. The zero-order chi connectivity index (χ0) is 18.7. The summed E-state index contributed by atoms with van der Waals surface area (Å²) < 4.78 is 2.53. The number of nitrogens with one attached hydrogen (secondary N) is 1. The van der Waals surface area contributed by atoms with Gasteiger partial charge in [-0.15, -0.1) is 0 Å². The van der Waals surface area contributed by atoms with Gasteiger partial charge in [0.15, 0.2) is 0 Å². The van der Waals surface area contributed by atoms with E-state index in [0.717, 1.165) is 10.2 Å². The van der Waals surface area contributed by atoms with Crippen LogP contribution in [-0.4, -0.2) is 20.3 Å². The summed E-state index contributed by atoms with van der Waals surface area (Å²) in [5, 5.41) is 7.12. The maximum Gasteiger partial charge on any atom is 0.276 e. The molecule has 1 N–H and O–H groups in total. The number of halogens is 1. The van der Waals surface area contributed by atoms with Crippen molar-refractivity contribution in [3.63, 3.8) is 0 Å². The van der Waals surface area contributed by atoms with Crippen molar-refractivity contribution in [2.24, 2.45) is 7.05 Å². The van der Waals surface area contributed by atoms with E-state index < -0.39 is 5.91 Å². The Balaban J connectivity index is 1.84. The first-order valence-electron chi connectivity index (χ1n) is 7.73. The number of pyridine rings is 1. The van der Waals surface area contributed by atoms with Crippen molar-refractivity contribution in [2.45, 2.75) is 6.54 Å². The number of hydrogen-bond acceptors (Lipinski definition) is 4. The van der Waals surface area contributed by atoms with Gasteiger partial charge in [0, 0.05) is 30.4 Å². The standard InChI is InChI=1S/C18H15ClN4O3/c1-22-16(24)9-7-15(21-22)18(26)20-13-6-8-17(25)23(11-13)10-12-4-2-3-5-14(12)19/h2-9,11H,10H2,1H3,(H,20,26). The van der Waals surface area contributed by atoms with Gasteiger partial charge in [-0.2, -0.15) is 5.10 Å². The monoisotopic (exact) mass is 370 g/mol. The normalized spacial score (nSPS) is 10.5. The van der Waals surface area contributed by atoms with Crippen LogP contribution in [0.4, 0.5) is 5.69 Å². The highest BCUT2D eigenvalue weighted by Crippen LogP contribution is 2.16. The Morgan fingerprint density at radius 3 is 2.54 bits per heavy atom. The molecule has 3 aromatic rings. The van der Waals surface area contributed by atoms with Gasteiger partial charge in [0.05, 0.1) is 12.2 Å². The third-order valence-corrected chi connectivity index (χ3v) is 4.10. The van der Waals surface area contributed by atoms with Crippen molar-refractivity contribution in [1.82, 2.24) is 14.3 Å². The number of aromatic nitrogens is 3. The van der Waals surface area contributed by atoms with E-state index in [9.17, 15) is 14.4 Å². The molecule has 0 aliphatic rings. The van der Waals surface area contributed by atoms with Crippen LogP contribution in [0.2, 0.25) is 5.02 Å². The Labute approximate surface area is 153 Å². The molecule has 0 radical (unpaired) electrons. The van der Waals surface area contributed by atoms with Gasteiger partial charge in [-0.1, -0.05) is 29.8 Å². The molecule has 26 heavy (non-hydrogen) atoms. The van der Waals surface area contributed by atoms with Crippen LogP contribution < -0.4 is 16.4 Å². The van der Waals surface area contributed by atoms with Gasteiger partial charge in [0.25, 0.3) is 17.0 Å². The van der Waals surface area contributed by atoms with Crippen LogP contribution in [0.25, 0.3) is 0 Å². The number of rotatable bonds is 4. The molecule has 2 heterocycles. The number of aryl methyl sites for hydroxylation is 1. The molecule has 0 atom stereocenters. The van der Waals surface area contributed by atoms with Gasteiger partial charge in [0.2, 0.25) is 0 Å². The van der Waals surface area contributed by atoms with E-state index >= 15 is 0 Å². The van der Waals surface area contributed by atoms with E-state index in [2.05, 4.69) is 10.4 Å². The predicted molar refractivity (Wildman–Crippen MR) is 98.7 cm³/mol. The molecule has 132 valence electrons. The average molecular weight is 371 g/mol. The molecule has 0 fully saturated rings. The van der Waals surface area contributed by atoms with Crippen molar-refractivity contribution in [3.8, 4) is 0 Å². The Morgan fingerprint density at radius 1 is 1.08 bits per heavy atom. The first kappa shape index (κ1) is 17.6. The lowest BCUT2D eigenvalue weighted by Crippen LogP contribution is -2.24. The lowest BCUT2D eigenvalue weighted by atomic mass is 10.2. The van der Waals surface area contributed by atoms with Gasteiger partial charge in [-0.3, -0.25) is 14.4 Å². The summed E-state index contributed by atoms with van der Waals surface area (Å²) in [6, 6.07) is 12.7. The van der Waals surface area contributed by atoms with E-state index in [1.165, 1.54) is 42.1 Å². The lowest BCUT2D eigenvalue weighted by molar-refractivity contribution is 0.102. The number of carbonyl (C=O) groups excluding carboxylic acids is 1. The first-order chi connectivity index (χ1) is 12.4. The van der Waals surface area contributed by atoms with Crippen LogP contribution in [0.15, 0.2) is 64.3 Å². The van der Waals surface area contributed by atoms with Crippen LogP contribution in [0, 0.1) is 0 Å². The van der Waals surface area contributed by atoms with Crippen LogP contribution in [0.3, 0.4) is 0 Å². The number of amides is 1.